The van der Waals surface area contributed by atoms with Crippen molar-refractivity contribution in [1.29, 1.82) is 0 Å². The smallest absolute Gasteiger partial charge is 0.271 e. The van der Waals surface area contributed by atoms with Crippen LogP contribution >= 0.6 is 0 Å². The molecule has 0 unspecified atom stereocenters. The summed E-state index contributed by atoms with van der Waals surface area (Å²) in [6.45, 7) is 0.636. The van der Waals surface area contributed by atoms with Crippen LogP contribution < -0.4 is 31.5 Å². The average molecular weight is 423 g/mol. The van der Waals surface area contributed by atoms with E-state index in [0.717, 1.165) is 5.56 Å². The lowest BCUT2D eigenvalue weighted by Gasteiger charge is -2.22. The van der Waals surface area contributed by atoms with E-state index >= 15 is 0 Å². The molecule has 31 heavy (non-hydrogen) atoms. The molecule has 0 saturated heterocycles. The molecule has 4 rings (SSSR count). The fourth-order valence-electron chi connectivity index (χ4n) is 3.42. The molecule has 2 heterocycles. The van der Waals surface area contributed by atoms with E-state index in [1.807, 2.05) is 30.3 Å². The van der Waals surface area contributed by atoms with Gasteiger partial charge < -0.3 is 26.1 Å². The lowest BCUT2D eigenvalue weighted by atomic mass is 10.2. The summed E-state index contributed by atoms with van der Waals surface area (Å²) in [4.78, 5) is 26.9. The molecule has 2 aromatic carbocycles. The van der Waals surface area contributed by atoms with Crippen molar-refractivity contribution < 1.29 is 14.3 Å². The molecule has 162 valence electrons. The van der Waals surface area contributed by atoms with Gasteiger partial charge in [0, 0.05) is 20.2 Å². The number of amides is 2. The zero-order valence-electron chi connectivity index (χ0n) is 17.3. The highest BCUT2D eigenvalue weighted by atomic mass is 16.5. The second-order valence-electron chi connectivity index (χ2n) is 7.28. The molecule has 0 fully saturated rings. The zero-order valence-corrected chi connectivity index (χ0v) is 17.3. The SMILES string of the molecule is CNNc1cc2c(cc1N)N(C)C(=O)[C@@H](NC(=O)c1cn(Cc3ccccc3)[nH]1)CO2. The Morgan fingerprint density at radius 2 is 2.03 bits per heavy atom. The van der Waals surface area contributed by atoms with Crippen LogP contribution in [-0.4, -0.2) is 48.3 Å². The molecule has 0 spiro atoms. The number of H-pyrrole nitrogens is 1. The Labute approximate surface area is 179 Å². The first-order valence-electron chi connectivity index (χ1n) is 9.83. The molecule has 1 aliphatic heterocycles. The third-order valence-electron chi connectivity index (χ3n) is 5.08. The number of hydrazine groups is 1. The van der Waals surface area contributed by atoms with E-state index in [2.05, 4.69) is 21.3 Å². The van der Waals surface area contributed by atoms with Crippen LogP contribution in [0.5, 0.6) is 5.75 Å². The predicted octanol–water partition coefficient (Wildman–Crippen LogP) is 1.15. The Kier molecular flexibility index (Phi) is 5.54. The molecule has 6 N–H and O–H groups in total. The Morgan fingerprint density at radius 1 is 1.29 bits per heavy atom. The van der Waals surface area contributed by atoms with Crippen molar-refractivity contribution in [3.63, 3.8) is 0 Å². The number of nitrogens with zero attached hydrogens (tertiary/aromatic N) is 2. The first kappa shape index (κ1) is 20.4. The number of anilines is 3. The first-order chi connectivity index (χ1) is 15.0. The standard InChI is InChI=1S/C21H25N7O3/c1-23-25-15-9-19-18(8-14(15)22)27(2)21(30)17(12-31-19)24-20(29)16-11-28(26-16)10-13-6-4-3-5-7-13/h3-9,11,17,23,25-26H,10,12,22H2,1-2H3,(H,24,29)/t17-/m0/s1. The van der Waals surface area contributed by atoms with Crippen LogP contribution in [0.15, 0.2) is 48.7 Å². The van der Waals surface area contributed by atoms with Gasteiger partial charge in [0.1, 0.15) is 24.1 Å². The minimum atomic E-state index is -0.835. The van der Waals surface area contributed by atoms with Crippen LogP contribution in [0.4, 0.5) is 17.1 Å². The van der Waals surface area contributed by atoms with Crippen molar-refractivity contribution >= 4 is 28.9 Å². The highest BCUT2D eigenvalue weighted by Crippen LogP contribution is 2.37. The quantitative estimate of drug-likeness (QED) is 0.299. The van der Waals surface area contributed by atoms with Crippen LogP contribution in [-0.2, 0) is 11.3 Å². The van der Waals surface area contributed by atoms with E-state index in [1.165, 1.54) is 4.90 Å². The van der Waals surface area contributed by atoms with Gasteiger partial charge in [-0.05, 0) is 11.6 Å². The summed E-state index contributed by atoms with van der Waals surface area (Å²) in [7, 11) is 3.35. The fraction of sp³-hybridized carbons (Fsp3) is 0.238. The topological polar surface area (TPSA) is 129 Å². The number of ether oxygens (including phenoxy) is 1. The van der Waals surface area contributed by atoms with Crippen LogP contribution in [0.3, 0.4) is 0 Å². The van der Waals surface area contributed by atoms with Gasteiger partial charge in [0.2, 0.25) is 0 Å². The molecule has 0 radical (unpaired) electrons. The summed E-state index contributed by atoms with van der Waals surface area (Å²) in [6, 6.07) is 12.4. The molecule has 1 aliphatic rings. The second-order valence-corrected chi connectivity index (χ2v) is 7.28. The van der Waals surface area contributed by atoms with Gasteiger partial charge in [-0.25, -0.2) is 5.43 Å². The van der Waals surface area contributed by atoms with E-state index in [0.29, 0.717) is 35.1 Å². The Morgan fingerprint density at radius 3 is 2.74 bits per heavy atom. The maximum absolute atomic E-state index is 12.9. The maximum Gasteiger partial charge on any atom is 0.271 e. The van der Waals surface area contributed by atoms with Crippen molar-refractivity contribution in [3.8, 4) is 5.75 Å². The number of benzene rings is 2. The number of fused-ring (bicyclic) bond motifs is 1. The summed E-state index contributed by atoms with van der Waals surface area (Å²) < 4.78 is 7.63. The number of likely N-dealkylation sites (N-methyl/N-ethyl adjacent to an activating group) is 1. The molecule has 2 amide bonds. The number of carbonyl (C=O) groups is 2. The summed E-state index contributed by atoms with van der Waals surface area (Å²) in [6.07, 6.45) is 1.71. The third kappa shape index (κ3) is 4.19. The van der Waals surface area contributed by atoms with Gasteiger partial charge in [0.15, 0.2) is 0 Å². The minimum absolute atomic E-state index is 0.00579. The number of aromatic nitrogens is 2. The lowest BCUT2D eigenvalue weighted by molar-refractivity contribution is -0.120. The van der Waals surface area contributed by atoms with Crippen LogP contribution in [0.2, 0.25) is 0 Å². The van der Waals surface area contributed by atoms with Crippen molar-refractivity contribution in [1.82, 2.24) is 20.5 Å². The molecular weight excluding hydrogens is 398 g/mol. The van der Waals surface area contributed by atoms with Gasteiger partial charge in [-0.3, -0.25) is 19.4 Å². The summed E-state index contributed by atoms with van der Waals surface area (Å²) in [5.74, 6) is -0.167. The van der Waals surface area contributed by atoms with E-state index in [-0.39, 0.29) is 18.4 Å². The maximum atomic E-state index is 12.9. The monoisotopic (exact) mass is 423 g/mol. The Balaban J connectivity index is 1.43. The number of nitrogens with two attached hydrogens (primary N) is 1. The lowest BCUT2D eigenvalue weighted by Crippen LogP contribution is -2.50. The van der Waals surface area contributed by atoms with Crippen LogP contribution in [0, 0.1) is 0 Å². The highest BCUT2D eigenvalue weighted by molar-refractivity contribution is 6.03. The molecule has 3 aromatic rings. The Bertz CT molecular complexity index is 1080. The minimum Gasteiger partial charge on any atom is -0.489 e. The third-order valence-corrected chi connectivity index (χ3v) is 5.08. The summed E-state index contributed by atoms with van der Waals surface area (Å²) in [5.41, 5.74) is 14.9. The number of nitrogen functional groups attached to an aromatic ring is 1. The number of carbonyl (C=O) groups excluding carboxylic acids is 2. The number of hydrogen-bond donors (Lipinski definition) is 5. The largest absolute Gasteiger partial charge is 0.489 e. The molecule has 1 aromatic heterocycles. The van der Waals surface area contributed by atoms with Gasteiger partial charge in [-0.2, -0.15) is 0 Å². The average Bonchev–Trinajstić information content (AvgIpc) is 2.84. The molecular formula is C21H25N7O3. The predicted molar refractivity (Wildman–Crippen MR) is 118 cm³/mol. The Hall–Kier alpha value is -3.92. The number of rotatable bonds is 6. The number of hydrogen-bond acceptors (Lipinski definition) is 6. The van der Waals surface area contributed by atoms with E-state index in [4.69, 9.17) is 10.5 Å². The van der Waals surface area contributed by atoms with E-state index in [1.54, 1.807) is 37.1 Å². The van der Waals surface area contributed by atoms with E-state index < -0.39 is 6.04 Å². The van der Waals surface area contributed by atoms with Crippen molar-refractivity contribution in [3.05, 3.63) is 59.9 Å². The molecule has 0 aliphatic carbocycles. The molecule has 0 saturated carbocycles. The fourth-order valence-corrected chi connectivity index (χ4v) is 3.42. The normalized spacial score (nSPS) is 15.7. The van der Waals surface area contributed by atoms with Crippen molar-refractivity contribution in [2.24, 2.45) is 0 Å². The number of aromatic amines is 1. The van der Waals surface area contributed by atoms with Crippen molar-refractivity contribution in [2.75, 3.05) is 36.8 Å². The second kappa shape index (κ2) is 8.44. The van der Waals surface area contributed by atoms with Crippen LogP contribution in [0.25, 0.3) is 0 Å². The molecule has 1 atom stereocenters. The molecule has 10 nitrogen and oxygen atoms in total. The van der Waals surface area contributed by atoms with Crippen LogP contribution in [0.1, 0.15) is 16.1 Å². The summed E-state index contributed by atoms with van der Waals surface area (Å²) in [5, 5.41) is 5.73. The zero-order chi connectivity index (χ0) is 22.0. The highest BCUT2D eigenvalue weighted by Gasteiger charge is 2.32. The van der Waals surface area contributed by atoms with Gasteiger partial charge in [-0.1, -0.05) is 30.3 Å². The van der Waals surface area contributed by atoms with Crippen molar-refractivity contribution in [2.45, 2.75) is 12.6 Å². The van der Waals surface area contributed by atoms with E-state index in [9.17, 15) is 9.59 Å². The van der Waals surface area contributed by atoms with Gasteiger partial charge in [0.05, 0.1) is 29.8 Å². The van der Waals surface area contributed by atoms with Gasteiger partial charge in [0.25, 0.3) is 11.8 Å². The molecule has 0 bridgehead atoms. The molecule has 10 heteroatoms. The van der Waals surface area contributed by atoms with Gasteiger partial charge in [-0.15, -0.1) is 0 Å². The number of nitrogens with one attached hydrogen (secondary N) is 4. The first-order valence-corrected chi connectivity index (χ1v) is 9.83. The summed E-state index contributed by atoms with van der Waals surface area (Å²) >= 11 is 0. The van der Waals surface area contributed by atoms with Gasteiger partial charge >= 0.3 is 0 Å².